The van der Waals surface area contributed by atoms with Gasteiger partial charge in [-0.1, -0.05) is 12.1 Å². The second-order valence-electron chi connectivity index (χ2n) is 4.99. The number of carbonyl (C=O) groups excluding carboxylic acids is 2. The van der Waals surface area contributed by atoms with Crippen molar-refractivity contribution in [3.63, 3.8) is 0 Å². The molecule has 0 aliphatic carbocycles. The Bertz CT molecular complexity index is 519. The maximum absolute atomic E-state index is 12.4. The average Bonchev–Trinajstić information content (AvgIpc) is 2.54. The van der Waals surface area contributed by atoms with E-state index in [4.69, 9.17) is 4.74 Å². The Kier molecular flexibility index (Phi) is 7.14. The molecule has 1 saturated heterocycles. The summed E-state index contributed by atoms with van der Waals surface area (Å²) >= 11 is 0. The zero-order valence-electron chi connectivity index (χ0n) is 12.9. The molecular formula is C15H22ClN3O3. The molecule has 0 atom stereocenters. The van der Waals surface area contributed by atoms with Gasteiger partial charge >= 0.3 is 0 Å². The molecule has 0 bridgehead atoms. The van der Waals surface area contributed by atoms with Crippen molar-refractivity contribution >= 4 is 24.2 Å². The van der Waals surface area contributed by atoms with E-state index < -0.39 is 0 Å². The number of nitrogens with zero attached hydrogens (tertiary/aromatic N) is 2. The molecule has 0 spiro atoms. The number of ether oxygens (including phenoxy) is 1. The molecule has 1 N–H and O–H groups in total. The summed E-state index contributed by atoms with van der Waals surface area (Å²) in [6.07, 6.45) is 0. The molecule has 6 nitrogen and oxygen atoms in total. The van der Waals surface area contributed by atoms with Gasteiger partial charge in [-0.15, -0.1) is 12.4 Å². The fourth-order valence-electron chi connectivity index (χ4n) is 2.32. The SMILES string of the molecule is COc1ccccc1C(=O)N(C)CC(=O)N1CCNCC1.Cl. The first-order valence-electron chi connectivity index (χ1n) is 7.00. The van der Waals surface area contributed by atoms with Gasteiger partial charge in [-0.2, -0.15) is 0 Å². The van der Waals surface area contributed by atoms with Gasteiger partial charge < -0.3 is 19.9 Å². The fourth-order valence-corrected chi connectivity index (χ4v) is 2.32. The summed E-state index contributed by atoms with van der Waals surface area (Å²) in [5, 5.41) is 3.20. The van der Waals surface area contributed by atoms with Crippen LogP contribution in [-0.2, 0) is 4.79 Å². The van der Waals surface area contributed by atoms with Crippen LogP contribution in [0.4, 0.5) is 0 Å². The van der Waals surface area contributed by atoms with Crippen LogP contribution < -0.4 is 10.1 Å². The number of carbonyl (C=O) groups is 2. The number of piperazine rings is 1. The Balaban J connectivity index is 0.00000242. The van der Waals surface area contributed by atoms with E-state index in [1.165, 1.54) is 12.0 Å². The van der Waals surface area contributed by atoms with Crippen molar-refractivity contribution in [1.29, 1.82) is 0 Å². The summed E-state index contributed by atoms with van der Waals surface area (Å²) < 4.78 is 5.19. The maximum atomic E-state index is 12.4. The molecule has 1 aliphatic heterocycles. The minimum atomic E-state index is -0.212. The maximum Gasteiger partial charge on any atom is 0.257 e. The minimum Gasteiger partial charge on any atom is -0.496 e. The van der Waals surface area contributed by atoms with Gasteiger partial charge in [0.15, 0.2) is 0 Å². The number of benzene rings is 1. The van der Waals surface area contributed by atoms with Crippen LogP contribution in [0, 0.1) is 0 Å². The Morgan fingerprint density at radius 3 is 2.55 bits per heavy atom. The average molecular weight is 328 g/mol. The molecule has 122 valence electrons. The molecule has 1 aliphatic rings. The monoisotopic (exact) mass is 327 g/mol. The van der Waals surface area contributed by atoms with Gasteiger partial charge in [0.05, 0.1) is 19.2 Å². The van der Waals surface area contributed by atoms with E-state index in [-0.39, 0.29) is 30.8 Å². The van der Waals surface area contributed by atoms with E-state index in [0.29, 0.717) is 24.4 Å². The van der Waals surface area contributed by atoms with Gasteiger partial charge in [-0.3, -0.25) is 9.59 Å². The molecule has 22 heavy (non-hydrogen) atoms. The van der Waals surface area contributed by atoms with Crippen molar-refractivity contribution < 1.29 is 14.3 Å². The normalized spacial score (nSPS) is 14.0. The lowest BCUT2D eigenvalue weighted by Crippen LogP contribution is -2.49. The van der Waals surface area contributed by atoms with E-state index in [1.54, 1.807) is 30.1 Å². The molecule has 7 heteroatoms. The highest BCUT2D eigenvalue weighted by atomic mass is 35.5. The molecule has 2 rings (SSSR count). The van der Waals surface area contributed by atoms with Crippen molar-refractivity contribution in [3.8, 4) is 5.75 Å². The number of rotatable bonds is 4. The van der Waals surface area contributed by atoms with Crippen molar-refractivity contribution in [3.05, 3.63) is 29.8 Å². The Hall–Kier alpha value is -1.79. The van der Waals surface area contributed by atoms with Crippen molar-refractivity contribution in [2.24, 2.45) is 0 Å². The van der Waals surface area contributed by atoms with E-state index in [2.05, 4.69) is 5.32 Å². The lowest BCUT2D eigenvalue weighted by Gasteiger charge is -2.29. The molecular weight excluding hydrogens is 306 g/mol. The largest absolute Gasteiger partial charge is 0.496 e. The predicted octanol–water partition coefficient (Wildman–Crippen LogP) is 0.621. The number of halogens is 1. The highest BCUT2D eigenvalue weighted by Crippen LogP contribution is 2.18. The van der Waals surface area contributed by atoms with Crippen LogP contribution in [-0.4, -0.2) is 68.5 Å². The van der Waals surface area contributed by atoms with E-state index >= 15 is 0 Å². The molecule has 1 aromatic carbocycles. The fraction of sp³-hybridized carbons (Fsp3) is 0.467. The number of likely N-dealkylation sites (N-methyl/N-ethyl adjacent to an activating group) is 1. The van der Waals surface area contributed by atoms with Gasteiger partial charge in [0, 0.05) is 33.2 Å². The summed E-state index contributed by atoms with van der Waals surface area (Å²) in [6, 6.07) is 7.02. The van der Waals surface area contributed by atoms with E-state index in [9.17, 15) is 9.59 Å². The molecule has 1 fully saturated rings. The number of methoxy groups -OCH3 is 1. The highest BCUT2D eigenvalue weighted by Gasteiger charge is 2.22. The first-order chi connectivity index (χ1) is 10.1. The smallest absolute Gasteiger partial charge is 0.257 e. The van der Waals surface area contributed by atoms with E-state index in [1.807, 2.05) is 6.07 Å². The second-order valence-corrected chi connectivity index (χ2v) is 4.99. The number of para-hydroxylation sites is 1. The van der Waals surface area contributed by atoms with Crippen molar-refractivity contribution in [2.75, 3.05) is 46.9 Å². The zero-order chi connectivity index (χ0) is 15.2. The molecule has 1 heterocycles. The number of hydrogen-bond acceptors (Lipinski definition) is 4. The van der Waals surface area contributed by atoms with Gasteiger partial charge in [0.2, 0.25) is 5.91 Å². The molecule has 2 amide bonds. The lowest BCUT2D eigenvalue weighted by atomic mass is 10.1. The standard InChI is InChI=1S/C15H21N3O3.ClH/c1-17(11-14(19)18-9-7-16-8-10-18)15(20)12-5-3-4-6-13(12)21-2;/h3-6,16H,7-11H2,1-2H3;1H. The Morgan fingerprint density at radius 1 is 1.27 bits per heavy atom. The Morgan fingerprint density at radius 2 is 1.91 bits per heavy atom. The summed E-state index contributed by atoms with van der Waals surface area (Å²) in [5.74, 6) is 0.280. The lowest BCUT2D eigenvalue weighted by molar-refractivity contribution is -0.132. The van der Waals surface area contributed by atoms with Crippen molar-refractivity contribution in [2.45, 2.75) is 0 Å². The van der Waals surface area contributed by atoms with Gasteiger partial charge in [0.25, 0.3) is 5.91 Å². The quantitative estimate of drug-likeness (QED) is 0.880. The summed E-state index contributed by atoms with van der Waals surface area (Å²) in [4.78, 5) is 27.8. The third kappa shape index (κ3) is 4.35. The van der Waals surface area contributed by atoms with Gasteiger partial charge in [-0.25, -0.2) is 0 Å². The molecule has 0 radical (unpaired) electrons. The molecule has 0 aromatic heterocycles. The molecule has 0 saturated carbocycles. The zero-order valence-corrected chi connectivity index (χ0v) is 13.7. The Labute approximate surface area is 136 Å². The van der Waals surface area contributed by atoms with Crippen LogP contribution in [0.25, 0.3) is 0 Å². The van der Waals surface area contributed by atoms with Crippen LogP contribution in [0.3, 0.4) is 0 Å². The van der Waals surface area contributed by atoms with Crippen LogP contribution in [0.5, 0.6) is 5.75 Å². The third-order valence-corrected chi connectivity index (χ3v) is 3.53. The minimum absolute atomic E-state index is 0. The first-order valence-corrected chi connectivity index (χ1v) is 7.00. The van der Waals surface area contributed by atoms with Crippen LogP contribution in [0.15, 0.2) is 24.3 Å². The molecule has 1 aromatic rings. The number of nitrogens with one attached hydrogen (secondary N) is 1. The first kappa shape index (κ1) is 18.3. The second kappa shape index (κ2) is 8.60. The third-order valence-electron chi connectivity index (χ3n) is 3.53. The van der Waals surface area contributed by atoms with Crippen LogP contribution in [0.1, 0.15) is 10.4 Å². The highest BCUT2D eigenvalue weighted by molar-refractivity contribution is 5.98. The summed E-state index contributed by atoms with van der Waals surface area (Å²) in [6.45, 7) is 3.06. The van der Waals surface area contributed by atoms with Gasteiger partial charge in [0.1, 0.15) is 5.75 Å². The summed E-state index contributed by atoms with van der Waals surface area (Å²) in [5.41, 5.74) is 0.468. The predicted molar refractivity (Wildman–Crippen MR) is 86.7 cm³/mol. The number of amides is 2. The molecule has 0 unspecified atom stereocenters. The van der Waals surface area contributed by atoms with Crippen LogP contribution >= 0.6 is 12.4 Å². The number of hydrogen-bond donors (Lipinski definition) is 1. The van der Waals surface area contributed by atoms with Crippen molar-refractivity contribution in [1.82, 2.24) is 15.1 Å². The van der Waals surface area contributed by atoms with E-state index in [0.717, 1.165) is 13.1 Å². The topological polar surface area (TPSA) is 61.9 Å². The summed E-state index contributed by atoms with van der Waals surface area (Å²) in [7, 11) is 3.16. The van der Waals surface area contributed by atoms with Gasteiger partial charge in [-0.05, 0) is 12.1 Å². The van der Waals surface area contributed by atoms with Crippen LogP contribution in [0.2, 0.25) is 0 Å².